The van der Waals surface area contributed by atoms with Crippen molar-refractivity contribution in [3.63, 3.8) is 0 Å². The van der Waals surface area contributed by atoms with Crippen molar-refractivity contribution in [2.24, 2.45) is 0 Å². The number of benzene rings is 2. The van der Waals surface area contributed by atoms with Crippen LogP contribution in [-0.4, -0.2) is 18.5 Å². The van der Waals surface area contributed by atoms with E-state index in [1.165, 1.54) is 95.2 Å². The first-order valence-corrected chi connectivity index (χ1v) is 14.3. The van der Waals surface area contributed by atoms with Gasteiger partial charge in [0.2, 0.25) is 0 Å². The van der Waals surface area contributed by atoms with Gasteiger partial charge in [-0.05, 0) is 36.2 Å². The first-order valence-electron chi connectivity index (χ1n) is 14.3. The van der Waals surface area contributed by atoms with Crippen LogP contribution in [0.3, 0.4) is 0 Å². The van der Waals surface area contributed by atoms with Crippen LogP contribution in [0.15, 0.2) is 48.5 Å². The summed E-state index contributed by atoms with van der Waals surface area (Å²) in [6.45, 7) is 2.53. The van der Waals surface area contributed by atoms with Gasteiger partial charge in [0.25, 0.3) is 0 Å². The van der Waals surface area contributed by atoms with Crippen LogP contribution in [0.2, 0.25) is 0 Å². The Kier molecular flexibility index (Phi) is 16.0. The first-order chi connectivity index (χ1) is 18.1. The minimum atomic E-state index is -0.635. The lowest BCUT2D eigenvalue weighted by molar-refractivity contribution is 0.0436. The fourth-order valence-electron chi connectivity index (χ4n) is 4.41. The summed E-state index contributed by atoms with van der Waals surface area (Å²) in [5.74, 6) is -1.55. The Morgan fingerprint density at radius 3 is 1.62 bits per heavy atom. The van der Waals surface area contributed by atoms with E-state index in [2.05, 4.69) is 6.92 Å². The maximum atomic E-state index is 13.3. The van der Waals surface area contributed by atoms with E-state index in [-0.39, 0.29) is 17.7 Å². The Morgan fingerprint density at radius 1 is 0.622 bits per heavy atom. The van der Waals surface area contributed by atoms with Crippen molar-refractivity contribution in [3.05, 3.63) is 71.0 Å². The number of hydrogen-bond donors (Lipinski definition) is 0. The van der Waals surface area contributed by atoms with Crippen molar-refractivity contribution in [1.82, 2.24) is 0 Å². The zero-order valence-corrected chi connectivity index (χ0v) is 22.7. The summed E-state index contributed by atoms with van der Waals surface area (Å²) < 4.78 is 24.0. The molecule has 0 bridgehead atoms. The van der Waals surface area contributed by atoms with Gasteiger partial charge in [0.1, 0.15) is 12.4 Å². The average Bonchev–Trinajstić information content (AvgIpc) is 2.91. The molecule has 2 aromatic carbocycles. The minimum absolute atomic E-state index is 0.0703. The van der Waals surface area contributed by atoms with Crippen LogP contribution >= 0.6 is 0 Å². The fourth-order valence-corrected chi connectivity index (χ4v) is 4.41. The summed E-state index contributed by atoms with van der Waals surface area (Å²) in [6.07, 6.45) is 19.2. The molecule has 0 aromatic heterocycles. The summed E-state index contributed by atoms with van der Waals surface area (Å²) in [7, 11) is 0. The van der Waals surface area contributed by atoms with Crippen LogP contribution < -0.4 is 0 Å². The Bertz CT molecular complexity index is 911. The molecule has 37 heavy (non-hydrogen) atoms. The predicted octanol–water partition coefficient (Wildman–Crippen LogP) is 9.21. The Balaban J connectivity index is 1.54. The van der Waals surface area contributed by atoms with E-state index in [1.807, 2.05) is 0 Å². The largest absolute Gasteiger partial charge is 0.462 e. The predicted molar refractivity (Wildman–Crippen MR) is 147 cm³/mol. The number of halogens is 1. The minimum Gasteiger partial charge on any atom is -0.462 e. The van der Waals surface area contributed by atoms with Gasteiger partial charge in [0.15, 0.2) is 0 Å². The van der Waals surface area contributed by atoms with Gasteiger partial charge in [-0.3, -0.25) is 0 Å². The SMILES string of the molecule is CCCCCCCCCCCCCCCCCOC(=O)c1ccccc1C(=O)OCc1cccc(F)c1. The number of carbonyl (C=O) groups excluding carboxylic acids is 2. The number of ether oxygens (including phenoxy) is 2. The lowest BCUT2D eigenvalue weighted by Crippen LogP contribution is -2.14. The number of hydrogen-bond acceptors (Lipinski definition) is 4. The highest BCUT2D eigenvalue weighted by molar-refractivity contribution is 6.03. The third-order valence-corrected chi connectivity index (χ3v) is 6.61. The van der Waals surface area contributed by atoms with Crippen LogP contribution in [0.1, 0.15) is 130 Å². The molecule has 0 amide bonds. The van der Waals surface area contributed by atoms with Crippen molar-refractivity contribution in [1.29, 1.82) is 0 Å². The van der Waals surface area contributed by atoms with Gasteiger partial charge in [-0.1, -0.05) is 121 Å². The number of carbonyl (C=O) groups is 2. The smallest absolute Gasteiger partial charge is 0.339 e. The van der Waals surface area contributed by atoms with Gasteiger partial charge in [-0.25, -0.2) is 14.0 Å². The first kappa shape index (κ1) is 30.5. The van der Waals surface area contributed by atoms with Crippen LogP contribution in [0, 0.1) is 5.82 Å². The van der Waals surface area contributed by atoms with Gasteiger partial charge >= 0.3 is 11.9 Å². The maximum Gasteiger partial charge on any atom is 0.339 e. The van der Waals surface area contributed by atoms with Gasteiger partial charge in [-0.15, -0.1) is 0 Å². The molecule has 0 atom stereocenters. The maximum absolute atomic E-state index is 13.3. The van der Waals surface area contributed by atoms with Gasteiger partial charge < -0.3 is 9.47 Å². The molecule has 0 spiro atoms. The van der Waals surface area contributed by atoms with E-state index in [0.29, 0.717) is 12.2 Å². The number of esters is 2. The second-order valence-corrected chi connectivity index (χ2v) is 9.84. The van der Waals surface area contributed by atoms with Crippen molar-refractivity contribution >= 4 is 11.9 Å². The van der Waals surface area contributed by atoms with Crippen LogP contribution in [-0.2, 0) is 16.1 Å². The third-order valence-electron chi connectivity index (χ3n) is 6.61. The molecule has 0 N–H and O–H groups in total. The van der Waals surface area contributed by atoms with E-state index >= 15 is 0 Å². The normalized spacial score (nSPS) is 10.9. The zero-order chi connectivity index (χ0) is 26.6. The fraction of sp³-hybridized carbons (Fsp3) is 0.562. The molecule has 0 unspecified atom stereocenters. The molecule has 2 rings (SSSR count). The highest BCUT2D eigenvalue weighted by Gasteiger charge is 2.19. The molecular formula is C32H45FO4. The molecule has 0 heterocycles. The van der Waals surface area contributed by atoms with Crippen LogP contribution in [0.25, 0.3) is 0 Å². The highest BCUT2D eigenvalue weighted by atomic mass is 19.1. The molecule has 0 aliphatic rings. The van der Waals surface area contributed by atoms with Crippen molar-refractivity contribution in [3.8, 4) is 0 Å². The molecule has 204 valence electrons. The molecule has 0 aliphatic carbocycles. The zero-order valence-electron chi connectivity index (χ0n) is 22.7. The standard InChI is InChI=1S/C32H45FO4/c1-2-3-4-5-6-7-8-9-10-11-12-13-14-15-18-24-36-31(34)29-22-16-17-23-30(29)32(35)37-26-27-20-19-21-28(33)25-27/h16-17,19-23,25H,2-15,18,24,26H2,1H3. The molecule has 0 aliphatic heterocycles. The summed E-state index contributed by atoms with van der Waals surface area (Å²) in [4.78, 5) is 25.1. The summed E-state index contributed by atoms with van der Waals surface area (Å²) in [5, 5.41) is 0. The van der Waals surface area contributed by atoms with E-state index < -0.39 is 17.8 Å². The summed E-state index contributed by atoms with van der Waals surface area (Å²) in [5.41, 5.74) is 0.884. The van der Waals surface area contributed by atoms with E-state index in [0.717, 1.165) is 19.3 Å². The van der Waals surface area contributed by atoms with E-state index in [4.69, 9.17) is 9.47 Å². The molecular weight excluding hydrogens is 467 g/mol. The van der Waals surface area contributed by atoms with Gasteiger partial charge in [0.05, 0.1) is 17.7 Å². The summed E-state index contributed by atoms with van der Waals surface area (Å²) >= 11 is 0. The van der Waals surface area contributed by atoms with Crippen molar-refractivity contribution < 1.29 is 23.5 Å². The lowest BCUT2D eigenvalue weighted by atomic mass is 10.0. The highest BCUT2D eigenvalue weighted by Crippen LogP contribution is 2.16. The molecule has 5 heteroatoms. The lowest BCUT2D eigenvalue weighted by Gasteiger charge is -2.10. The third kappa shape index (κ3) is 13.4. The van der Waals surface area contributed by atoms with E-state index in [9.17, 15) is 14.0 Å². The molecule has 4 nitrogen and oxygen atoms in total. The summed E-state index contributed by atoms with van der Waals surface area (Å²) in [6, 6.07) is 12.3. The van der Waals surface area contributed by atoms with Crippen LogP contribution in [0.5, 0.6) is 0 Å². The van der Waals surface area contributed by atoms with Crippen LogP contribution in [0.4, 0.5) is 4.39 Å². The van der Waals surface area contributed by atoms with Gasteiger partial charge in [0, 0.05) is 0 Å². The Hall–Kier alpha value is -2.69. The second-order valence-electron chi connectivity index (χ2n) is 9.84. The van der Waals surface area contributed by atoms with E-state index in [1.54, 1.807) is 30.3 Å². The Morgan fingerprint density at radius 2 is 1.11 bits per heavy atom. The van der Waals surface area contributed by atoms with Crippen molar-refractivity contribution in [2.75, 3.05) is 6.61 Å². The quantitative estimate of drug-likeness (QED) is 0.131. The topological polar surface area (TPSA) is 52.6 Å². The van der Waals surface area contributed by atoms with Crippen molar-refractivity contribution in [2.45, 2.75) is 110 Å². The average molecular weight is 513 g/mol. The Labute approximate surface area is 223 Å². The molecule has 0 fully saturated rings. The number of unbranched alkanes of at least 4 members (excludes halogenated alkanes) is 14. The van der Waals surface area contributed by atoms with Gasteiger partial charge in [-0.2, -0.15) is 0 Å². The number of rotatable bonds is 20. The second kappa shape index (κ2) is 19.4. The molecule has 0 radical (unpaired) electrons. The monoisotopic (exact) mass is 512 g/mol. The molecule has 0 saturated carbocycles. The molecule has 2 aromatic rings. The molecule has 0 saturated heterocycles.